The lowest BCUT2D eigenvalue weighted by Gasteiger charge is -2.10. The van der Waals surface area contributed by atoms with Crippen LogP contribution in [0.3, 0.4) is 0 Å². The van der Waals surface area contributed by atoms with Gasteiger partial charge in [-0.2, -0.15) is 0 Å². The molecule has 0 saturated carbocycles. The molecule has 0 aliphatic rings. The fourth-order valence-corrected chi connectivity index (χ4v) is 2.44. The van der Waals surface area contributed by atoms with Crippen molar-refractivity contribution in [2.24, 2.45) is 0 Å². The zero-order chi connectivity index (χ0) is 15.3. The molecule has 3 heteroatoms. The van der Waals surface area contributed by atoms with E-state index in [0.717, 1.165) is 25.0 Å². The summed E-state index contributed by atoms with van der Waals surface area (Å²) >= 11 is 0. The van der Waals surface area contributed by atoms with Crippen molar-refractivity contribution in [3.05, 3.63) is 29.8 Å². The molecule has 0 aliphatic carbocycles. The number of hydrogen-bond donors (Lipinski definition) is 1. The second-order valence-electron chi connectivity index (χ2n) is 5.67. The molecule has 1 N–H and O–H groups in total. The van der Waals surface area contributed by atoms with Crippen molar-refractivity contribution in [3.8, 4) is 5.75 Å². The Morgan fingerprint density at radius 2 is 1.67 bits per heavy atom. The Morgan fingerprint density at radius 1 is 1.00 bits per heavy atom. The first-order valence-electron chi connectivity index (χ1n) is 8.11. The summed E-state index contributed by atoms with van der Waals surface area (Å²) in [4.78, 5) is 0. The summed E-state index contributed by atoms with van der Waals surface area (Å²) < 4.78 is 10.5. The molecule has 21 heavy (non-hydrogen) atoms. The van der Waals surface area contributed by atoms with Crippen molar-refractivity contribution in [1.82, 2.24) is 0 Å². The summed E-state index contributed by atoms with van der Waals surface area (Å²) in [5.74, 6) is 0.941. The highest BCUT2D eigenvalue weighted by Crippen LogP contribution is 2.21. The molecule has 0 radical (unpaired) electrons. The van der Waals surface area contributed by atoms with Gasteiger partial charge >= 0.3 is 0 Å². The van der Waals surface area contributed by atoms with Crippen molar-refractivity contribution in [1.29, 1.82) is 0 Å². The van der Waals surface area contributed by atoms with Gasteiger partial charge in [-0.1, -0.05) is 50.3 Å². The first-order chi connectivity index (χ1) is 10.2. The first kappa shape index (κ1) is 18.0. The normalized spacial score (nSPS) is 12.3. The minimum absolute atomic E-state index is 0.145. The summed E-state index contributed by atoms with van der Waals surface area (Å²) in [5.41, 5.74) is 1.27. The predicted molar refractivity (Wildman–Crippen MR) is 86.6 cm³/mol. The molecule has 1 unspecified atom stereocenters. The van der Waals surface area contributed by atoms with Gasteiger partial charge in [0.15, 0.2) is 6.79 Å². The van der Waals surface area contributed by atoms with Crippen molar-refractivity contribution in [2.45, 2.75) is 64.4 Å². The number of aliphatic hydroxyl groups is 1. The van der Waals surface area contributed by atoms with Gasteiger partial charge in [0.2, 0.25) is 0 Å². The Bertz CT molecular complexity index is 363. The summed E-state index contributed by atoms with van der Waals surface area (Å²) in [6.07, 6.45) is 9.24. The highest BCUT2D eigenvalue weighted by Gasteiger charge is 2.02. The molecule has 1 aromatic carbocycles. The van der Waals surface area contributed by atoms with Crippen molar-refractivity contribution < 1.29 is 14.6 Å². The van der Waals surface area contributed by atoms with Gasteiger partial charge in [-0.05, 0) is 37.8 Å². The molecule has 0 amide bonds. The van der Waals surface area contributed by atoms with E-state index in [0.29, 0.717) is 6.79 Å². The Hall–Kier alpha value is -1.06. The van der Waals surface area contributed by atoms with Gasteiger partial charge in [0.25, 0.3) is 0 Å². The van der Waals surface area contributed by atoms with Crippen LogP contribution in [0.15, 0.2) is 24.3 Å². The molecular weight excluding hydrogens is 264 g/mol. The van der Waals surface area contributed by atoms with Crippen LogP contribution < -0.4 is 4.74 Å². The zero-order valence-electron chi connectivity index (χ0n) is 13.5. The number of para-hydroxylation sites is 1. The number of benzene rings is 1. The number of rotatable bonds is 12. The van der Waals surface area contributed by atoms with E-state index >= 15 is 0 Å². The predicted octanol–water partition coefficient (Wildman–Crippen LogP) is 4.32. The zero-order valence-corrected chi connectivity index (χ0v) is 13.5. The van der Waals surface area contributed by atoms with E-state index in [1.807, 2.05) is 19.1 Å². The summed E-state index contributed by atoms with van der Waals surface area (Å²) in [5, 5.41) is 9.19. The van der Waals surface area contributed by atoms with Gasteiger partial charge in [-0.15, -0.1) is 0 Å². The lowest BCUT2D eigenvalue weighted by Crippen LogP contribution is -2.01. The molecular formula is C18H30O3. The van der Waals surface area contributed by atoms with E-state index in [4.69, 9.17) is 9.47 Å². The van der Waals surface area contributed by atoms with Crippen LogP contribution in [-0.4, -0.2) is 25.1 Å². The van der Waals surface area contributed by atoms with Gasteiger partial charge in [-0.25, -0.2) is 0 Å². The van der Waals surface area contributed by atoms with Crippen LogP contribution >= 0.6 is 0 Å². The van der Waals surface area contributed by atoms with Gasteiger partial charge in [-0.3, -0.25) is 0 Å². The monoisotopic (exact) mass is 294 g/mol. The van der Waals surface area contributed by atoms with E-state index in [9.17, 15) is 5.11 Å². The standard InChI is InChI=1S/C18H30O3/c1-16(19)11-7-5-3-4-6-8-12-17-13-9-10-14-18(17)21-15-20-2/h9-10,13-14,16,19H,3-8,11-12,15H2,1-2H3. The van der Waals surface area contributed by atoms with E-state index in [1.54, 1.807) is 7.11 Å². The minimum atomic E-state index is -0.145. The largest absolute Gasteiger partial charge is 0.467 e. The third-order valence-electron chi connectivity index (χ3n) is 3.62. The fraction of sp³-hybridized carbons (Fsp3) is 0.667. The molecule has 0 aromatic heterocycles. The second-order valence-corrected chi connectivity index (χ2v) is 5.67. The molecule has 0 saturated heterocycles. The average molecular weight is 294 g/mol. The molecule has 0 bridgehead atoms. The number of unbranched alkanes of at least 4 members (excludes halogenated alkanes) is 5. The van der Waals surface area contributed by atoms with Crippen LogP contribution in [0, 0.1) is 0 Å². The maximum atomic E-state index is 9.19. The molecule has 1 rings (SSSR count). The highest BCUT2D eigenvalue weighted by molar-refractivity contribution is 5.33. The van der Waals surface area contributed by atoms with Gasteiger partial charge in [0.05, 0.1) is 6.10 Å². The quantitative estimate of drug-likeness (QED) is 0.461. The Balaban J connectivity index is 2.12. The van der Waals surface area contributed by atoms with Crippen LogP contribution in [0.4, 0.5) is 0 Å². The first-order valence-corrected chi connectivity index (χ1v) is 8.11. The highest BCUT2D eigenvalue weighted by atomic mass is 16.7. The van der Waals surface area contributed by atoms with Crippen LogP contribution in [-0.2, 0) is 11.2 Å². The number of methoxy groups -OCH3 is 1. The summed E-state index contributed by atoms with van der Waals surface area (Å²) in [7, 11) is 1.64. The van der Waals surface area contributed by atoms with Crippen LogP contribution in [0.1, 0.15) is 57.4 Å². The minimum Gasteiger partial charge on any atom is -0.467 e. The average Bonchev–Trinajstić information content (AvgIpc) is 2.48. The summed E-state index contributed by atoms with van der Waals surface area (Å²) in [6.45, 7) is 2.17. The number of ether oxygens (including phenoxy) is 2. The van der Waals surface area contributed by atoms with E-state index in [2.05, 4.69) is 12.1 Å². The molecule has 0 heterocycles. The van der Waals surface area contributed by atoms with Gasteiger partial charge in [0.1, 0.15) is 5.75 Å². The molecule has 1 atom stereocenters. The third kappa shape index (κ3) is 8.74. The van der Waals surface area contributed by atoms with Crippen molar-refractivity contribution in [2.75, 3.05) is 13.9 Å². The van der Waals surface area contributed by atoms with Gasteiger partial charge < -0.3 is 14.6 Å². The van der Waals surface area contributed by atoms with E-state index in [-0.39, 0.29) is 6.10 Å². The topological polar surface area (TPSA) is 38.7 Å². The maximum Gasteiger partial charge on any atom is 0.188 e. The van der Waals surface area contributed by atoms with E-state index < -0.39 is 0 Å². The number of hydrogen-bond acceptors (Lipinski definition) is 3. The lowest BCUT2D eigenvalue weighted by atomic mass is 10.0. The molecule has 1 aromatic rings. The number of aryl methyl sites for hydroxylation is 1. The van der Waals surface area contributed by atoms with Crippen LogP contribution in [0.2, 0.25) is 0 Å². The van der Waals surface area contributed by atoms with E-state index in [1.165, 1.54) is 37.7 Å². The van der Waals surface area contributed by atoms with Crippen LogP contribution in [0.25, 0.3) is 0 Å². The van der Waals surface area contributed by atoms with Crippen molar-refractivity contribution >= 4 is 0 Å². The summed E-state index contributed by atoms with van der Waals surface area (Å²) in [6, 6.07) is 8.19. The number of aliphatic hydroxyl groups excluding tert-OH is 1. The second kappa shape index (κ2) is 11.6. The fourth-order valence-electron chi connectivity index (χ4n) is 2.44. The Labute approximate surface area is 129 Å². The molecule has 0 aliphatic heterocycles. The van der Waals surface area contributed by atoms with Gasteiger partial charge in [0, 0.05) is 7.11 Å². The smallest absolute Gasteiger partial charge is 0.188 e. The Morgan fingerprint density at radius 3 is 2.38 bits per heavy atom. The molecule has 0 fully saturated rings. The molecule has 120 valence electrons. The maximum absolute atomic E-state index is 9.19. The SMILES string of the molecule is COCOc1ccccc1CCCCCCCCC(C)O. The molecule has 0 spiro atoms. The Kier molecular flexibility index (Phi) is 9.92. The lowest BCUT2D eigenvalue weighted by molar-refractivity contribution is 0.0504. The third-order valence-corrected chi connectivity index (χ3v) is 3.62. The van der Waals surface area contributed by atoms with Crippen LogP contribution in [0.5, 0.6) is 5.75 Å². The molecule has 3 nitrogen and oxygen atoms in total. The van der Waals surface area contributed by atoms with Crippen molar-refractivity contribution in [3.63, 3.8) is 0 Å².